The summed E-state index contributed by atoms with van der Waals surface area (Å²) >= 11 is 0. The van der Waals surface area contributed by atoms with Crippen LogP contribution >= 0.6 is 0 Å². The standard InChI is InChI=1S/C17H15N3O3/c21-17-14-6-1-2-7-15(14)18-16(19(17)12-8-9-12)11-4-3-5-13(10-11)20(22)23/h1-7,10,12,16,18H,8-9H2/t16-/m1/s1. The van der Waals surface area contributed by atoms with Gasteiger partial charge in [0.1, 0.15) is 6.17 Å². The largest absolute Gasteiger partial charge is 0.361 e. The van der Waals surface area contributed by atoms with Gasteiger partial charge < -0.3 is 10.2 Å². The summed E-state index contributed by atoms with van der Waals surface area (Å²) in [6.45, 7) is 0. The lowest BCUT2D eigenvalue weighted by Crippen LogP contribution is -2.44. The van der Waals surface area contributed by atoms with E-state index in [1.54, 1.807) is 6.07 Å². The lowest BCUT2D eigenvalue weighted by molar-refractivity contribution is -0.384. The van der Waals surface area contributed by atoms with E-state index in [4.69, 9.17) is 0 Å². The Morgan fingerprint density at radius 3 is 2.65 bits per heavy atom. The highest BCUT2D eigenvalue weighted by Gasteiger charge is 2.42. The van der Waals surface area contributed by atoms with Gasteiger partial charge in [0, 0.05) is 29.4 Å². The van der Waals surface area contributed by atoms with E-state index in [0.717, 1.165) is 24.1 Å². The first-order chi connectivity index (χ1) is 11.1. The van der Waals surface area contributed by atoms with Crippen LogP contribution in [0.5, 0.6) is 0 Å². The lowest BCUT2D eigenvalue weighted by atomic mass is 10.0. The minimum atomic E-state index is -0.413. The first kappa shape index (κ1) is 13.8. The van der Waals surface area contributed by atoms with Gasteiger partial charge in [0.25, 0.3) is 11.6 Å². The van der Waals surface area contributed by atoms with Crippen LogP contribution in [0.4, 0.5) is 11.4 Å². The van der Waals surface area contributed by atoms with E-state index < -0.39 is 4.92 Å². The molecular formula is C17H15N3O3. The molecule has 1 heterocycles. The van der Waals surface area contributed by atoms with Crippen LogP contribution in [0, 0.1) is 10.1 Å². The second kappa shape index (κ2) is 5.08. The summed E-state index contributed by atoms with van der Waals surface area (Å²) in [5.74, 6) is -0.0154. The van der Waals surface area contributed by atoms with Crippen LogP contribution in [0.25, 0.3) is 0 Å². The van der Waals surface area contributed by atoms with Crippen LogP contribution in [0.15, 0.2) is 48.5 Å². The maximum absolute atomic E-state index is 12.9. The van der Waals surface area contributed by atoms with E-state index in [2.05, 4.69) is 5.32 Å². The first-order valence-electron chi connectivity index (χ1n) is 7.58. The molecule has 4 rings (SSSR count). The number of hydrogen-bond donors (Lipinski definition) is 1. The molecule has 0 radical (unpaired) electrons. The highest BCUT2D eigenvalue weighted by Crippen LogP contribution is 2.41. The zero-order chi connectivity index (χ0) is 16.0. The predicted molar refractivity (Wildman–Crippen MR) is 85.1 cm³/mol. The molecule has 2 aromatic rings. The van der Waals surface area contributed by atoms with Crippen molar-refractivity contribution >= 4 is 17.3 Å². The summed E-state index contributed by atoms with van der Waals surface area (Å²) in [4.78, 5) is 25.3. The summed E-state index contributed by atoms with van der Waals surface area (Å²) in [6.07, 6.45) is 1.58. The van der Waals surface area contributed by atoms with Gasteiger partial charge in [-0.2, -0.15) is 0 Å². The summed E-state index contributed by atoms with van der Waals surface area (Å²) in [6, 6.07) is 14.1. The minimum Gasteiger partial charge on any atom is -0.361 e. The number of para-hydroxylation sites is 1. The van der Waals surface area contributed by atoms with Crippen LogP contribution in [0.3, 0.4) is 0 Å². The third-order valence-corrected chi connectivity index (χ3v) is 4.30. The number of carbonyl (C=O) groups excluding carboxylic acids is 1. The Bertz CT molecular complexity index is 801. The van der Waals surface area contributed by atoms with Crippen molar-refractivity contribution < 1.29 is 9.72 Å². The third kappa shape index (κ3) is 2.32. The molecule has 1 aliphatic carbocycles. The number of nitrogens with one attached hydrogen (secondary N) is 1. The molecule has 0 aromatic heterocycles. The summed E-state index contributed by atoms with van der Waals surface area (Å²) in [5, 5.41) is 14.4. The van der Waals surface area contributed by atoms with E-state index in [0.29, 0.717) is 5.56 Å². The van der Waals surface area contributed by atoms with E-state index in [-0.39, 0.29) is 23.8 Å². The molecule has 2 aliphatic rings. The summed E-state index contributed by atoms with van der Waals surface area (Å²) < 4.78 is 0. The SMILES string of the molecule is O=C1c2ccccc2N[C@@H](c2cccc([N+](=O)[O-])c2)N1C1CC1. The van der Waals surface area contributed by atoms with E-state index in [1.807, 2.05) is 35.2 Å². The lowest BCUT2D eigenvalue weighted by Gasteiger charge is -2.38. The normalized spacial score (nSPS) is 19.9. The van der Waals surface area contributed by atoms with Gasteiger partial charge >= 0.3 is 0 Å². The molecule has 1 N–H and O–H groups in total. The maximum atomic E-state index is 12.9. The zero-order valence-corrected chi connectivity index (χ0v) is 12.3. The van der Waals surface area contributed by atoms with Crippen molar-refractivity contribution in [2.24, 2.45) is 0 Å². The van der Waals surface area contributed by atoms with Gasteiger partial charge in [-0.25, -0.2) is 0 Å². The minimum absolute atomic E-state index is 0.0154. The van der Waals surface area contributed by atoms with Crippen LogP contribution in [0.1, 0.15) is 34.9 Å². The molecule has 0 saturated heterocycles. The fraction of sp³-hybridized carbons (Fsp3) is 0.235. The molecule has 1 fully saturated rings. The van der Waals surface area contributed by atoms with Gasteiger partial charge in [-0.1, -0.05) is 24.3 Å². The molecular weight excluding hydrogens is 294 g/mol. The zero-order valence-electron chi connectivity index (χ0n) is 12.3. The molecule has 23 heavy (non-hydrogen) atoms. The fourth-order valence-corrected chi connectivity index (χ4v) is 3.05. The molecule has 2 aromatic carbocycles. The van der Waals surface area contributed by atoms with Gasteiger partial charge in [-0.3, -0.25) is 14.9 Å². The average Bonchev–Trinajstić information content (AvgIpc) is 3.39. The van der Waals surface area contributed by atoms with Gasteiger partial charge in [0.2, 0.25) is 0 Å². The highest BCUT2D eigenvalue weighted by molar-refractivity contribution is 6.02. The Morgan fingerprint density at radius 2 is 1.91 bits per heavy atom. The Balaban J connectivity index is 1.79. The van der Waals surface area contributed by atoms with E-state index in [1.165, 1.54) is 12.1 Å². The number of hydrogen-bond acceptors (Lipinski definition) is 4. The summed E-state index contributed by atoms with van der Waals surface area (Å²) in [7, 11) is 0. The van der Waals surface area contributed by atoms with Gasteiger partial charge in [0.05, 0.1) is 10.5 Å². The second-order valence-electron chi connectivity index (χ2n) is 5.89. The van der Waals surface area contributed by atoms with Crippen molar-refractivity contribution in [3.63, 3.8) is 0 Å². The van der Waals surface area contributed by atoms with Crippen molar-refractivity contribution in [2.75, 3.05) is 5.32 Å². The van der Waals surface area contributed by atoms with E-state index in [9.17, 15) is 14.9 Å². The number of rotatable bonds is 3. The van der Waals surface area contributed by atoms with E-state index >= 15 is 0 Å². The monoisotopic (exact) mass is 309 g/mol. The third-order valence-electron chi connectivity index (χ3n) is 4.30. The first-order valence-corrected chi connectivity index (χ1v) is 7.58. The molecule has 1 atom stereocenters. The number of carbonyl (C=O) groups is 1. The number of fused-ring (bicyclic) bond motifs is 1. The molecule has 1 saturated carbocycles. The fourth-order valence-electron chi connectivity index (χ4n) is 3.05. The molecule has 0 unspecified atom stereocenters. The highest BCUT2D eigenvalue weighted by atomic mass is 16.6. The Labute approximate surface area is 132 Å². The topological polar surface area (TPSA) is 75.5 Å². The predicted octanol–water partition coefficient (Wildman–Crippen LogP) is 3.32. The number of nitro benzene ring substituents is 1. The van der Waals surface area contributed by atoms with Crippen molar-refractivity contribution in [1.82, 2.24) is 4.90 Å². The van der Waals surface area contributed by atoms with Crippen molar-refractivity contribution in [1.29, 1.82) is 0 Å². The van der Waals surface area contributed by atoms with Gasteiger partial charge in [0.15, 0.2) is 0 Å². The van der Waals surface area contributed by atoms with Crippen LogP contribution in [-0.2, 0) is 0 Å². The van der Waals surface area contributed by atoms with Crippen LogP contribution < -0.4 is 5.32 Å². The maximum Gasteiger partial charge on any atom is 0.269 e. The smallest absolute Gasteiger partial charge is 0.269 e. The number of nitrogens with zero attached hydrogens (tertiary/aromatic N) is 2. The number of anilines is 1. The molecule has 0 bridgehead atoms. The van der Waals surface area contributed by atoms with Crippen molar-refractivity contribution in [3.8, 4) is 0 Å². The van der Waals surface area contributed by atoms with Gasteiger partial charge in [-0.15, -0.1) is 0 Å². The Hall–Kier alpha value is -2.89. The quantitative estimate of drug-likeness (QED) is 0.697. The molecule has 6 heteroatoms. The molecule has 6 nitrogen and oxygen atoms in total. The van der Waals surface area contributed by atoms with Gasteiger partial charge in [-0.05, 0) is 25.0 Å². The number of amides is 1. The Morgan fingerprint density at radius 1 is 1.13 bits per heavy atom. The Kier molecular flexibility index (Phi) is 3.04. The molecule has 1 amide bonds. The molecule has 116 valence electrons. The second-order valence-corrected chi connectivity index (χ2v) is 5.89. The molecule has 0 spiro atoms. The van der Waals surface area contributed by atoms with Crippen molar-refractivity contribution in [3.05, 3.63) is 69.8 Å². The molecule has 1 aliphatic heterocycles. The number of benzene rings is 2. The van der Waals surface area contributed by atoms with Crippen LogP contribution in [0.2, 0.25) is 0 Å². The van der Waals surface area contributed by atoms with Crippen molar-refractivity contribution in [2.45, 2.75) is 25.0 Å². The van der Waals surface area contributed by atoms with Crippen LogP contribution in [-0.4, -0.2) is 21.8 Å². The summed E-state index contributed by atoms with van der Waals surface area (Å²) in [5.41, 5.74) is 2.19. The number of nitro groups is 1. The number of non-ortho nitro benzene ring substituents is 1. The average molecular weight is 309 g/mol.